The summed E-state index contributed by atoms with van der Waals surface area (Å²) < 4.78 is 0. The Morgan fingerprint density at radius 1 is 1.22 bits per heavy atom. The zero-order valence-corrected chi connectivity index (χ0v) is 9.69. The van der Waals surface area contributed by atoms with Crippen molar-refractivity contribution < 1.29 is 4.79 Å². The Kier molecular flexibility index (Phi) is 2.33. The third kappa shape index (κ3) is 1.73. The molecule has 3 N–H and O–H groups in total. The van der Waals surface area contributed by atoms with Gasteiger partial charge in [-0.2, -0.15) is 10.2 Å². The number of carbonyl (C=O) groups excluding carboxylic acids is 1. The van der Waals surface area contributed by atoms with Gasteiger partial charge in [-0.3, -0.25) is 15.0 Å². The van der Waals surface area contributed by atoms with Crippen molar-refractivity contribution in [3.05, 3.63) is 41.7 Å². The molecule has 0 aliphatic heterocycles. The van der Waals surface area contributed by atoms with E-state index in [4.69, 9.17) is 0 Å². The molecule has 0 saturated carbocycles. The first-order valence-corrected chi connectivity index (χ1v) is 5.48. The number of anilines is 1. The monoisotopic (exact) mass is 241 g/mol. The van der Waals surface area contributed by atoms with Crippen molar-refractivity contribution in [3.63, 3.8) is 0 Å². The van der Waals surface area contributed by atoms with E-state index in [1.807, 2.05) is 13.0 Å². The number of hydrogen-bond donors (Lipinski definition) is 3. The number of amides is 1. The maximum atomic E-state index is 12.0. The number of carbonyl (C=O) groups is 1. The number of aromatic nitrogens is 4. The van der Waals surface area contributed by atoms with Crippen molar-refractivity contribution >= 4 is 22.6 Å². The summed E-state index contributed by atoms with van der Waals surface area (Å²) in [5.41, 5.74) is 2.30. The minimum absolute atomic E-state index is 0.182. The van der Waals surface area contributed by atoms with Crippen molar-refractivity contribution in [2.45, 2.75) is 6.92 Å². The molecular weight excluding hydrogens is 230 g/mol. The van der Waals surface area contributed by atoms with Gasteiger partial charge in [0, 0.05) is 16.5 Å². The second-order valence-corrected chi connectivity index (χ2v) is 4.05. The first-order chi connectivity index (χ1) is 8.74. The van der Waals surface area contributed by atoms with Crippen LogP contribution in [0.15, 0.2) is 30.6 Å². The molecule has 3 rings (SSSR count). The average molecular weight is 241 g/mol. The Bertz CT molecular complexity index is 712. The molecule has 1 aromatic carbocycles. The first-order valence-electron chi connectivity index (χ1n) is 5.48. The van der Waals surface area contributed by atoms with E-state index in [9.17, 15) is 4.79 Å². The van der Waals surface area contributed by atoms with Gasteiger partial charge in [-0.05, 0) is 19.1 Å². The maximum absolute atomic E-state index is 12.0. The van der Waals surface area contributed by atoms with Crippen molar-refractivity contribution in [3.8, 4) is 0 Å². The molecule has 0 aliphatic carbocycles. The molecule has 1 amide bonds. The van der Waals surface area contributed by atoms with Crippen molar-refractivity contribution in [2.24, 2.45) is 0 Å². The predicted octanol–water partition coefficient (Wildman–Crippen LogP) is 1.85. The molecule has 3 aromatic rings. The van der Waals surface area contributed by atoms with Gasteiger partial charge in [-0.25, -0.2) is 0 Å². The van der Waals surface area contributed by atoms with Crippen LogP contribution in [0.4, 0.5) is 5.82 Å². The highest BCUT2D eigenvalue weighted by molar-refractivity contribution is 6.05. The Morgan fingerprint density at radius 2 is 2.06 bits per heavy atom. The fourth-order valence-corrected chi connectivity index (χ4v) is 1.74. The summed E-state index contributed by atoms with van der Waals surface area (Å²) in [6.07, 6.45) is 3.38. The fourth-order valence-electron chi connectivity index (χ4n) is 1.74. The summed E-state index contributed by atoms with van der Waals surface area (Å²) in [6, 6.07) is 5.38. The van der Waals surface area contributed by atoms with E-state index >= 15 is 0 Å². The molecule has 0 bridgehead atoms. The Hall–Kier alpha value is -2.63. The zero-order chi connectivity index (χ0) is 12.5. The normalized spacial score (nSPS) is 10.7. The molecule has 0 fully saturated rings. The van der Waals surface area contributed by atoms with Crippen LogP contribution in [-0.2, 0) is 0 Å². The highest BCUT2D eigenvalue weighted by Crippen LogP contribution is 2.15. The van der Waals surface area contributed by atoms with E-state index in [2.05, 4.69) is 25.7 Å². The number of H-pyrrole nitrogens is 2. The molecule has 0 saturated heterocycles. The number of aromatic amines is 2. The van der Waals surface area contributed by atoms with Gasteiger partial charge in [0.25, 0.3) is 5.91 Å². The minimum Gasteiger partial charge on any atom is -0.307 e. The van der Waals surface area contributed by atoms with Crippen LogP contribution >= 0.6 is 0 Å². The van der Waals surface area contributed by atoms with E-state index in [1.54, 1.807) is 24.5 Å². The lowest BCUT2D eigenvalue weighted by atomic mass is 10.1. The van der Waals surface area contributed by atoms with Crippen LogP contribution in [0.3, 0.4) is 0 Å². The lowest BCUT2D eigenvalue weighted by Gasteiger charge is -2.03. The Balaban J connectivity index is 1.89. The van der Waals surface area contributed by atoms with Crippen LogP contribution < -0.4 is 5.32 Å². The van der Waals surface area contributed by atoms with Gasteiger partial charge in [0.05, 0.1) is 17.9 Å². The second kappa shape index (κ2) is 3.99. The maximum Gasteiger partial charge on any atom is 0.256 e. The van der Waals surface area contributed by atoms with E-state index in [0.717, 1.165) is 16.5 Å². The Labute approximate surface area is 102 Å². The minimum atomic E-state index is -0.182. The summed E-state index contributed by atoms with van der Waals surface area (Å²) >= 11 is 0. The molecule has 2 heterocycles. The molecule has 6 heteroatoms. The standard InChI is InChI=1S/C12H11N5O/c1-7-5-13-17-11(7)15-12(18)8-2-3-9-6-14-16-10(9)4-8/h2-6H,1H3,(H,14,16)(H2,13,15,17,18). The van der Waals surface area contributed by atoms with Crippen LogP contribution in [-0.4, -0.2) is 26.3 Å². The highest BCUT2D eigenvalue weighted by Gasteiger charge is 2.09. The van der Waals surface area contributed by atoms with Crippen LogP contribution in [0.2, 0.25) is 0 Å². The van der Waals surface area contributed by atoms with E-state index in [0.29, 0.717) is 11.4 Å². The van der Waals surface area contributed by atoms with E-state index < -0.39 is 0 Å². The Morgan fingerprint density at radius 3 is 2.83 bits per heavy atom. The lowest BCUT2D eigenvalue weighted by Crippen LogP contribution is -2.12. The quantitative estimate of drug-likeness (QED) is 0.639. The number of nitrogens with one attached hydrogen (secondary N) is 3. The van der Waals surface area contributed by atoms with Crippen molar-refractivity contribution in [2.75, 3.05) is 5.32 Å². The molecule has 0 atom stereocenters. The summed E-state index contributed by atoms with van der Waals surface area (Å²) in [5, 5.41) is 17.1. The van der Waals surface area contributed by atoms with Crippen LogP contribution in [0, 0.1) is 6.92 Å². The van der Waals surface area contributed by atoms with Gasteiger partial charge >= 0.3 is 0 Å². The van der Waals surface area contributed by atoms with E-state index in [-0.39, 0.29) is 5.91 Å². The van der Waals surface area contributed by atoms with Gasteiger partial charge in [0.15, 0.2) is 0 Å². The number of nitrogens with zero attached hydrogens (tertiary/aromatic N) is 2. The summed E-state index contributed by atoms with van der Waals surface area (Å²) in [7, 11) is 0. The summed E-state index contributed by atoms with van der Waals surface area (Å²) in [4.78, 5) is 12.0. The highest BCUT2D eigenvalue weighted by atomic mass is 16.1. The molecule has 0 aliphatic rings. The largest absolute Gasteiger partial charge is 0.307 e. The topological polar surface area (TPSA) is 86.5 Å². The predicted molar refractivity (Wildman–Crippen MR) is 67.4 cm³/mol. The fraction of sp³-hybridized carbons (Fsp3) is 0.0833. The van der Waals surface area contributed by atoms with Gasteiger partial charge in [-0.1, -0.05) is 6.07 Å². The number of rotatable bonds is 2. The SMILES string of the molecule is Cc1cn[nH]c1NC(=O)c1ccc2cn[nH]c2c1. The first kappa shape index (κ1) is 10.5. The van der Waals surface area contributed by atoms with Gasteiger partial charge in [0.1, 0.15) is 5.82 Å². The third-order valence-electron chi connectivity index (χ3n) is 2.77. The number of fused-ring (bicyclic) bond motifs is 1. The molecule has 0 radical (unpaired) electrons. The molecule has 2 aromatic heterocycles. The van der Waals surface area contributed by atoms with E-state index in [1.165, 1.54) is 0 Å². The van der Waals surface area contributed by atoms with Crippen molar-refractivity contribution in [1.29, 1.82) is 0 Å². The molecule has 90 valence electrons. The molecule has 6 nitrogen and oxygen atoms in total. The average Bonchev–Trinajstić information content (AvgIpc) is 2.98. The van der Waals surface area contributed by atoms with Crippen molar-refractivity contribution in [1.82, 2.24) is 20.4 Å². The summed E-state index contributed by atoms with van der Waals surface area (Å²) in [6.45, 7) is 1.87. The van der Waals surface area contributed by atoms with Crippen LogP contribution in [0.25, 0.3) is 10.9 Å². The lowest BCUT2D eigenvalue weighted by molar-refractivity contribution is 0.102. The molecular formula is C12H11N5O. The van der Waals surface area contributed by atoms with Gasteiger partial charge in [0.2, 0.25) is 0 Å². The number of aryl methyl sites for hydroxylation is 1. The van der Waals surface area contributed by atoms with Gasteiger partial charge < -0.3 is 5.32 Å². The van der Waals surface area contributed by atoms with Crippen LogP contribution in [0.1, 0.15) is 15.9 Å². The van der Waals surface area contributed by atoms with Gasteiger partial charge in [-0.15, -0.1) is 0 Å². The summed E-state index contributed by atoms with van der Waals surface area (Å²) in [5.74, 6) is 0.434. The smallest absolute Gasteiger partial charge is 0.256 e. The number of hydrogen-bond acceptors (Lipinski definition) is 3. The zero-order valence-electron chi connectivity index (χ0n) is 9.69. The molecule has 18 heavy (non-hydrogen) atoms. The third-order valence-corrected chi connectivity index (χ3v) is 2.77. The number of benzene rings is 1. The van der Waals surface area contributed by atoms with Crippen LogP contribution in [0.5, 0.6) is 0 Å². The molecule has 0 unspecified atom stereocenters. The molecule has 0 spiro atoms. The second-order valence-electron chi connectivity index (χ2n) is 4.05.